The molecule has 3 atom stereocenters. The molecule has 0 spiro atoms. The summed E-state index contributed by atoms with van der Waals surface area (Å²) in [5.74, 6) is -0.533. The lowest BCUT2D eigenvalue weighted by Gasteiger charge is -2.05. The van der Waals surface area contributed by atoms with Crippen LogP contribution in [-0.4, -0.2) is 59.4 Å². The van der Waals surface area contributed by atoms with Crippen molar-refractivity contribution >= 4 is 5.97 Å². The highest BCUT2D eigenvalue weighted by atomic mass is 16.6. The van der Waals surface area contributed by atoms with Crippen molar-refractivity contribution in [3.05, 3.63) is 24.3 Å². The Morgan fingerprint density at radius 3 is 2.33 bits per heavy atom. The van der Waals surface area contributed by atoms with Gasteiger partial charge in [-0.25, -0.2) is 4.79 Å². The zero-order chi connectivity index (χ0) is 19.7. The predicted molar refractivity (Wildman–Crippen MR) is 104 cm³/mol. The number of hydrogen-bond donors (Lipinski definition) is 3. The number of allylic oxidation sites excluding steroid dienone is 3. The summed E-state index contributed by atoms with van der Waals surface area (Å²) >= 11 is 0. The van der Waals surface area contributed by atoms with Crippen molar-refractivity contribution in [2.75, 3.05) is 19.8 Å². The molecule has 0 aliphatic carbocycles. The topological polar surface area (TPSA) is 99.5 Å². The Balaban J connectivity index is 1.90. The number of hydrogen-bond acceptors (Lipinski definition) is 6. The molecule has 1 rings (SSSR count). The largest absolute Gasteiger partial charge is 0.460 e. The lowest BCUT2D eigenvalue weighted by atomic mass is 10.1. The predicted octanol–water partition coefficient (Wildman–Crippen LogP) is 2.66. The van der Waals surface area contributed by atoms with E-state index in [4.69, 9.17) is 24.8 Å². The molecule has 3 unspecified atom stereocenters. The van der Waals surface area contributed by atoms with Crippen molar-refractivity contribution in [1.29, 1.82) is 0 Å². The Morgan fingerprint density at radius 1 is 0.963 bits per heavy atom. The molecule has 156 valence electrons. The van der Waals surface area contributed by atoms with E-state index in [1.54, 1.807) is 6.08 Å². The highest BCUT2D eigenvalue weighted by Gasteiger charge is 2.36. The smallest absolute Gasteiger partial charge is 0.330 e. The molecular formula is C21H36O6. The summed E-state index contributed by atoms with van der Waals surface area (Å²) < 4.78 is 10.4. The Kier molecular flexibility index (Phi) is 14.0. The standard InChI is InChI=1S/C21H36O6/c22-15-11-7-2-1-4-8-12-19-20(27-19)13-9-5-3-6-10-14-21(25)26-17-18(24)16-23/h3,6,10,14,18-20,22-24H,1-2,4-5,7-9,11-13,15-17H2. The molecule has 0 aromatic rings. The van der Waals surface area contributed by atoms with Gasteiger partial charge in [0.25, 0.3) is 0 Å². The fraction of sp³-hybridized carbons (Fsp3) is 0.762. The van der Waals surface area contributed by atoms with Gasteiger partial charge in [-0.1, -0.05) is 50.3 Å². The maximum atomic E-state index is 11.3. The van der Waals surface area contributed by atoms with E-state index < -0.39 is 18.7 Å². The van der Waals surface area contributed by atoms with Crippen LogP contribution in [0.15, 0.2) is 24.3 Å². The summed E-state index contributed by atoms with van der Waals surface area (Å²) in [6.45, 7) is -0.310. The van der Waals surface area contributed by atoms with E-state index in [2.05, 4.69) is 0 Å². The molecule has 1 aliphatic heterocycles. The second-order valence-electron chi connectivity index (χ2n) is 7.03. The minimum Gasteiger partial charge on any atom is -0.460 e. The number of rotatable bonds is 17. The third-order valence-corrected chi connectivity index (χ3v) is 4.55. The van der Waals surface area contributed by atoms with Gasteiger partial charge in [-0.05, 0) is 32.1 Å². The van der Waals surface area contributed by atoms with Crippen LogP contribution in [0.25, 0.3) is 0 Å². The highest BCUT2D eigenvalue weighted by molar-refractivity contribution is 5.82. The first-order valence-corrected chi connectivity index (χ1v) is 10.2. The van der Waals surface area contributed by atoms with Crippen LogP contribution in [0.5, 0.6) is 0 Å². The fourth-order valence-corrected chi connectivity index (χ4v) is 2.88. The van der Waals surface area contributed by atoms with Crippen molar-refractivity contribution in [2.24, 2.45) is 0 Å². The van der Waals surface area contributed by atoms with Crippen molar-refractivity contribution < 1.29 is 29.6 Å². The van der Waals surface area contributed by atoms with Crippen LogP contribution in [0.3, 0.4) is 0 Å². The monoisotopic (exact) mass is 384 g/mol. The molecule has 1 saturated heterocycles. The Bertz CT molecular complexity index is 434. The summed E-state index contributed by atoms with van der Waals surface area (Å²) in [6, 6.07) is 0. The van der Waals surface area contributed by atoms with Crippen LogP contribution >= 0.6 is 0 Å². The molecular weight excluding hydrogens is 348 g/mol. The van der Waals surface area contributed by atoms with Gasteiger partial charge in [-0.3, -0.25) is 0 Å². The van der Waals surface area contributed by atoms with Gasteiger partial charge in [-0.15, -0.1) is 0 Å². The summed E-state index contributed by atoms with van der Waals surface area (Å²) in [4.78, 5) is 11.3. The first-order chi connectivity index (χ1) is 13.2. The van der Waals surface area contributed by atoms with E-state index in [1.165, 1.54) is 31.8 Å². The summed E-state index contributed by atoms with van der Waals surface area (Å²) in [6.07, 6.45) is 17.9. The van der Waals surface area contributed by atoms with Crippen molar-refractivity contribution in [2.45, 2.75) is 82.5 Å². The van der Waals surface area contributed by atoms with Gasteiger partial charge < -0.3 is 24.8 Å². The van der Waals surface area contributed by atoms with Crippen molar-refractivity contribution in [1.82, 2.24) is 0 Å². The minimum absolute atomic E-state index is 0.199. The molecule has 1 aliphatic rings. The van der Waals surface area contributed by atoms with E-state index >= 15 is 0 Å². The number of carbonyl (C=O) groups excluding carboxylic acids is 1. The number of ether oxygens (including phenoxy) is 2. The van der Waals surface area contributed by atoms with Gasteiger partial charge in [0.05, 0.1) is 18.8 Å². The van der Waals surface area contributed by atoms with Gasteiger partial charge in [0, 0.05) is 12.7 Å². The number of aliphatic hydroxyl groups is 3. The average molecular weight is 385 g/mol. The van der Waals surface area contributed by atoms with Gasteiger partial charge in [0.2, 0.25) is 0 Å². The fourth-order valence-electron chi connectivity index (χ4n) is 2.88. The quantitative estimate of drug-likeness (QED) is 0.117. The molecule has 0 amide bonds. The zero-order valence-electron chi connectivity index (χ0n) is 16.3. The minimum atomic E-state index is -1.02. The van der Waals surface area contributed by atoms with Gasteiger partial charge in [0.1, 0.15) is 12.7 Å². The van der Waals surface area contributed by atoms with Gasteiger partial charge in [-0.2, -0.15) is 0 Å². The SMILES string of the molecule is O=C(C=CC=CCCCC1OC1CCCCCCCCO)OCC(O)CO. The van der Waals surface area contributed by atoms with Crippen LogP contribution in [0.2, 0.25) is 0 Å². The normalized spacial score (nSPS) is 20.4. The van der Waals surface area contributed by atoms with Crippen LogP contribution in [0, 0.1) is 0 Å². The average Bonchev–Trinajstić information content (AvgIpc) is 3.42. The molecule has 1 fully saturated rings. The zero-order valence-corrected chi connectivity index (χ0v) is 16.3. The second kappa shape index (κ2) is 15.8. The van der Waals surface area contributed by atoms with Crippen LogP contribution in [0.1, 0.15) is 64.2 Å². The Morgan fingerprint density at radius 2 is 1.63 bits per heavy atom. The lowest BCUT2D eigenvalue weighted by molar-refractivity contribution is -0.141. The molecule has 0 radical (unpaired) electrons. The van der Waals surface area contributed by atoms with Crippen LogP contribution < -0.4 is 0 Å². The number of unbranched alkanes of at least 4 members (excludes halogenated alkanes) is 6. The summed E-state index contributed by atoms with van der Waals surface area (Å²) in [7, 11) is 0. The Labute approximate surface area is 162 Å². The second-order valence-corrected chi connectivity index (χ2v) is 7.03. The van der Waals surface area contributed by atoms with E-state index in [9.17, 15) is 4.79 Å². The first-order valence-electron chi connectivity index (χ1n) is 10.2. The van der Waals surface area contributed by atoms with Gasteiger partial charge in [0.15, 0.2) is 0 Å². The summed E-state index contributed by atoms with van der Waals surface area (Å²) in [5.41, 5.74) is 0. The molecule has 0 saturated carbocycles. The number of carbonyl (C=O) groups is 1. The van der Waals surface area contributed by atoms with E-state index in [-0.39, 0.29) is 6.61 Å². The van der Waals surface area contributed by atoms with E-state index in [0.717, 1.165) is 38.5 Å². The maximum absolute atomic E-state index is 11.3. The highest BCUT2D eigenvalue weighted by Crippen LogP contribution is 2.31. The van der Waals surface area contributed by atoms with Gasteiger partial charge >= 0.3 is 5.97 Å². The number of aliphatic hydroxyl groups excluding tert-OH is 3. The molecule has 6 nitrogen and oxygen atoms in total. The van der Waals surface area contributed by atoms with Crippen LogP contribution in [0.4, 0.5) is 0 Å². The Hall–Kier alpha value is -1.21. The van der Waals surface area contributed by atoms with Crippen molar-refractivity contribution in [3.8, 4) is 0 Å². The number of epoxide rings is 1. The summed E-state index contributed by atoms with van der Waals surface area (Å²) in [5, 5.41) is 26.4. The molecule has 0 aromatic carbocycles. The molecule has 6 heteroatoms. The third-order valence-electron chi connectivity index (χ3n) is 4.55. The molecule has 3 N–H and O–H groups in total. The van der Waals surface area contributed by atoms with Crippen molar-refractivity contribution in [3.63, 3.8) is 0 Å². The third kappa shape index (κ3) is 13.6. The first kappa shape index (κ1) is 23.8. The maximum Gasteiger partial charge on any atom is 0.330 e. The molecule has 0 aromatic heterocycles. The van der Waals surface area contributed by atoms with E-state index in [0.29, 0.717) is 18.8 Å². The van der Waals surface area contributed by atoms with Crippen LogP contribution in [-0.2, 0) is 14.3 Å². The molecule has 0 bridgehead atoms. The lowest BCUT2D eigenvalue weighted by Crippen LogP contribution is -2.21. The molecule has 27 heavy (non-hydrogen) atoms. The number of esters is 1. The van der Waals surface area contributed by atoms with E-state index in [1.807, 2.05) is 12.2 Å². The molecule has 1 heterocycles.